The molecule has 0 spiro atoms. The van der Waals surface area contributed by atoms with E-state index in [1.807, 2.05) is 37.3 Å². The van der Waals surface area contributed by atoms with Crippen LogP contribution in [0.5, 0.6) is 0 Å². The van der Waals surface area contributed by atoms with Gasteiger partial charge in [-0.15, -0.1) is 0 Å². The average molecular weight is 353 g/mol. The summed E-state index contributed by atoms with van der Waals surface area (Å²) < 4.78 is 13.2. The number of fused-ring (bicyclic) bond motifs is 1. The van der Waals surface area contributed by atoms with E-state index in [0.29, 0.717) is 6.54 Å². The molecule has 136 valence electrons. The lowest BCUT2D eigenvalue weighted by Crippen LogP contribution is -2.37. The van der Waals surface area contributed by atoms with Gasteiger partial charge in [-0.1, -0.05) is 24.3 Å². The van der Waals surface area contributed by atoms with Gasteiger partial charge < -0.3 is 15.6 Å². The minimum atomic E-state index is -0.235. The van der Waals surface area contributed by atoms with Gasteiger partial charge in [0.15, 0.2) is 5.96 Å². The second kappa shape index (κ2) is 8.99. The standard InChI is InChI=1S/C20H24FN5/c1-2-22-20(24-14-15-7-5-8-16(21)13-15)23-12-6-11-19-25-17-9-3-4-10-18(17)26-19/h3-5,7-10,13H,2,6,11-12,14H2,1H3,(H,25,26)(H2,22,23,24). The third-order valence-corrected chi connectivity index (χ3v) is 3.97. The molecule has 0 radical (unpaired) electrons. The topological polar surface area (TPSA) is 65.1 Å². The molecule has 6 heteroatoms. The number of aromatic nitrogens is 2. The predicted octanol–water partition coefficient (Wildman–Crippen LogP) is 3.39. The molecule has 26 heavy (non-hydrogen) atoms. The van der Waals surface area contributed by atoms with E-state index >= 15 is 0 Å². The lowest BCUT2D eigenvalue weighted by atomic mass is 10.2. The second-order valence-corrected chi connectivity index (χ2v) is 6.06. The van der Waals surface area contributed by atoms with Crippen LogP contribution in [-0.2, 0) is 13.0 Å². The van der Waals surface area contributed by atoms with Crippen LogP contribution < -0.4 is 10.6 Å². The van der Waals surface area contributed by atoms with Crippen molar-refractivity contribution < 1.29 is 4.39 Å². The molecule has 0 unspecified atom stereocenters. The molecule has 0 atom stereocenters. The van der Waals surface area contributed by atoms with Crippen LogP contribution >= 0.6 is 0 Å². The number of imidazole rings is 1. The molecule has 0 fully saturated rings. The summed E-state index contributed by atoms with van der Waals surface area (Å²) in [7, 11) is 0. The summed E-state index contributed by atoms with van der Waals surface area (Å²) in [6.45, 7) is 4.02. The first kappa shape index (κ1) is 17.9. The highest BCUT2D eigenvalue weighted by Gasteiger charge is 2.03. The molecule has 5 nitrogen and oxygen atoms in total. The maximum atomic E-state index is 13.2. The number of nitrogens with zero attached hydrogens (tertiary/aromatic N) is 2. The number of aromatic amines is 1. The number of hydrogen-bond acceptors (Lipinski definition) is 2. The van der Waals surface area contributed by atoms with E-state index in [2.05, 4.69) is 25.6 Å². The Bertz CT molecular complexity index is 838. The number of rotatable bonds is 7. The van der Waals surface area contributed by atoms with Gasteiger partial charge in [-0.3, -0.25) is 0 Å². The van der Waals surface area contributed by atoms with Crippen molar-refractivity contribution in [3.8, 4) is 0 Å². The average Bonchev–Trinajstić information content (AvgIpc) is 3.06. The van der Waals surface area contributed by atoms with Crippen LogP contribution in [0.2, 0.25) is 0 Å². The van der Waals surface area contributed by atoms with Gasteiger partial charge in [0.2, 0.25) is 0 Å². The van der Waals surface area contributed by atoms with Crippen molar-refractivity contribution in [2.45, 2.75) is 26.3 Å². The molecule has 3 rings (SSSR count). The SMILES string of the molecule is CCNC(=NCc1cccc(F)c1)NCCCc1nc2ccccc2[nH]1. The summed E-state index contributed by atoms with van der Waals surface area (Å²) in [4.78, 5) is 12.4. The summed E-state index contributed by atoms with van der Waals surface area (Å²) in [5.41, 5.74) is 2.92. The Morgan fingerprint density at radius 3 is 2.85 bits per heavy atom. The minimum Gasteiger partial charge on any atom is -0.357 e. The number of H-pyrrole nitrogens is 1. The Kier molecular flexibility index (Phi) is 6.19. The van der Waals surface area contributed by atoms with E-state index in [9.17, 15) is 4.39 Å². The lowest BCUT2D eigenvalue weighted by Gasteiger charge is -2.11. The van der Waals surface area contributed by atoms with Crippen LogP contribution in [0.1, 0.15) is 24.7 Å². The minimum absolute atomic E-state index is 0.235. The van der Waals surface area contributed by atoms with Crippen molar-refractivity contribution in [1.29, 1.82) is 0 Å². The van der Waals surface area contributed by atoms with Crippen LogP contribution in [0.4, 0.5) is 4.39 Å². The Hall–Kier alpha value is -2.89. The second-order valence-electron chi connectivity index (χ2n) is 6.06. The molecule has 0 aliphatic carbocycles. The first-order valence-electron chi connectivity index (χ1n) is 8.95. The largest absolute Gasteiger partial charge is 0.357 e. The molecule has 0 aliphatic rings. The van der Waals surface area contributed by atoms with Crippen LogP contribution in [0, 0.1) is 5.82 Å². The van der Waals surface area contributed by atoms with E-state index in [4.69, 9.17) is 0 Å². The summed E-state index contributed by atoms with van der Waals surface area (Å²) in [6, 6.07) is 14.6. The van der Waals surface area contributed by atoms with Crippen LogP contribution in [0.3, 0.4) is 0 Å². The zero-order chi connectivity index (χ0) is 18.2. The van der Waals surface area contributed by atoms with Crippen molar-refractivity contribution in [1.82, 2.24) is 20.6 Å². The fourth-order valence-corrected chi connectivity index (χ4v) is 2.73. The first-order chi connectivity index (χ1) is 12.7. The number of halogens is 1. The van der Waals surface area contributed by atoms with E-state index in [1.165, 1.54) is 12.1 Å². The van der Waals surface area contributed by atoms with Gasteiger partial charge in [-0.05, 0) is 43.2 Å². The van der Waals surface area contributed by atoms with Crippen LogP contribution in [-0.4, -0.2) is 29.0 Å². The van der Waals surface area contributed by atoms with Crippen molar-refractivity contribution in [3.63, 3.8) is 0 Å². The normalized spacial score (nSPS) is 11.7. The molecule has 3 N–H and O–H groups in total. The quantitative estimate of drug-likeness (QED) is 0.347. The Morgan fingerprint density at radius 2 is 2.04 bits per heavy atom. The molecular weight excluding hydrogens is 329 g/mol. The van der Waals surface area contributed by atoms with Crippen molar-refractivity contribution in [2.75, 3.05) is 13.1 Å². The maximum absolute atomic E-state index is 13.2. The van der Waals surface area contributed by atoms with Crippen LogP contribution in [0.25, 0.3) is 11.0 Å². The third kappa shape index (κ3) is 5.05. The van der Waals surface area contributed by atoms with Gasteiger partial charge in [0.05, 0.1) is 17.6 Å². The molecule has 2 aromatic carbocycles. The molecule has 0 bridgehead atoms. The van der Waals surface area contributed by atoms with Crippen molar-refractivity contribution >= 4 is 17.0 Å². The van der Waals surface area contributed by atoms with Gasteiger partial charge in [0.1, 0.15) is 11.6 Å². The van der Waals surface area contributed by atoms with E-state index < -0.39 is 0 Å². The lowest BCUT2D eigenvalue weighted by molar-refractivity contribution is 0.625. The van der Waals surface area contributed by atoms with Gasteiger partial charge in [0.25, 0.3) is 0 Å². The maximum Gasteiger partial charge on any atom is 0.191 e. The highest BCUT2D eigenvalue weighted by molar-refractivity contribution is 5.79. The number of para-hydroxylation sites is 2. The first-order valence-corrected chi connectivity index (χ1v) is 8.95. The predicted molar refractivity (Wildman–Crippen MR) is 104 cm³/mol. The van der Waals surface area contributed by atoms with Gasteiger partial charge in [-0.2, -0.15) is 0 Å². The molecule has 0 aliphatic heterocycles. The molecule has 3 aromatic rings. The summed E-state index contributed by atoms with van der Waals surface area (Å²) in [5.74, 6) is 1.50. The number of hydrogen-bond donors (Lipinski definition) is 3. The smallest absolute Gasteiger partial charge is 0.191 e. The molecule has 0 saturated heterocycles. The zero-order valence-electron chi connectivity index (χ0n) is 14.9. The number of benzene rings is 2. The van der Waals surface area contributed by atoms with E-state index in [0.717, 1.165) is 54.3 Å². The molecule has 0 amide bonds. The fourth-order valence-electron chi connectivity index (χ4n) is 2.73. The monoisotopic (exact) mass is 353 g/mol. The molecular formula is C20H24FN5. The highest BCUT2D eigenvalue weighted by Crippen LogP contribution is 2.11. The highest BCUT2D eigenvalue weighted by atomic mass is 19.1. The summed E-state index contributed by atoms with van der Waals surface area (Å²) in [6.07, 6.45) is 1.80. The molecule has 1 aromatic heterocycles. The van der Waals surface area contributed by atoms with Gasteiger partial charge in [-0.25, -0.2) is 14.4 Å². The van der Waals surface area contributed by atoms with Crippen molar-refractivity contribution in [3.05, 3.63) is 65.7 Å². The summed E-state index contributed by atoms with van der Waals surface area (Å²) >= 11 is 0. The number of guanidine groups is 1. The Balaban J connectivity index is 1.49. The third-order valence-electron chi connectivity index (χ3n) is 3.97. The van der Waals surface area contributed by atoms with Crippen molar-refractivity contribution in [2.24, 2.45) is 4.99 Å². The van der Waals surface area contributed by atoms with E-state index in [-0.39, 0.29) is 5.82 Å². The molecule has 0 saturated carbocycles. The number of aliphatic imine (C=N–C) groups is 1. The number of nitrogens with one attached hydrogen (secondary N) is 3. The number of aryl methyl sites for hydroxylation is 1. The Labute approximate surface area is 152 Å². The zero-order valence-corrected chi connectivity index (χ0v) is 14.9. The van der Waals surface area contributed by atoms with Gasteiger partial charge >= 0.3 is 0 Å². The fraction of sp³-hybridized carbons (Fsp3) is 0.300. The van der Waals surface area contributed by atoms with E-state index in [1.54, 1.807) is 6.07 Å². The van der Waals surface area contributed by atoms with Gasteiger partial charge in [0, 0.05) is 19.5 Å². The molecule has 1 heterocycles. The Morgan fingerprint density at radius 1 is 1.15 bits per heavy atom. The summed E-state index contributed by atoms with van der Waals surface area (Å²) in [5, 5.41) is 6.52. The van der Waals surface area contributed by atoms with Crippen LogP contribution in [0.15, 0.2) is 53.5 Å².